The lowest BCUT2D eigenvalue weighted by atomic mass is 10.2. The van der Waals surface area contributed by atoms with Gasteiger partial charge in [0.1, 0.15) is 0 Å². The molecule has 0 saturated heterocycles. The number of nitrogens with zero attached hydrogens (tertiary/aromatic N) is 2. The van der Waals surface area contributed by atoms with Gasteiger partial charge in [-0.1, -0.05) is 0 Å². The molecule has 16 heavy (non-hydrogen) atoms. The maximum absolute atomic E-state index is 11.8. The zero-order chi connectivity index (χ0) is 11.7. The van der Waals surface area contributed by atoms with Crippen molar-refractivity contribution in [3.05, 3.63) is 23.5 Å². The number of amides is 1. The minimum atomic E-state index is -0.173. The summed E-state index contributed by atoms with van der Waals surface area (Å²) in [6, 6.07) is 2.00. The molecule has 0 aliphatic carbocycles. The van der Waals surface area contributed by atoms with Crippen LogP contribution in [0, 0.1) is 6.92 Å². The van der Waals surface area contributed by atoms with Gasteiger partial charge in [0, 0.05) is 12.2 Å². The topological polar surface area (TPSA) is 70.7 Å². The highest BCUT2D eigenvalue weighted by Gasteiger charge is 2.15. The first-order valence-corrected chi connectivity index (χ1v) is 5.19. The number of aromatic nitrogens is 3. The molecule has 0 radical (unpaired) electrons. The molecule has 2 aromatic rings. The predicted octanol–water partition coefficient (Wildman–Crippen LogP) is 1.40. The highest BCUT2D eigenvalue weighted by atomic mass is 16.2. The van der Waals surface area contributed by atoms with E-state index in [1.807, 2.05) is 26.8 Å². The van der Waals surface area contributed by atoms with Crippen molar-refractivity contribution < 1.29 is 4.79 Å². The monoisotopic (exact) mass is 218 g/mol. The molecule has 5 nitrogen and oxygen atoms in total. The Morgan fingerprint density at radius 3 is 2.94 bits per heavy atom. The van der Waals surface area contributed by atoms with Crippen LogP contribution >= 0.6 is 0 Å². The van der Waals surface area contributed by atoms with Gasteiger partial charge in [-0.2, -0.15) is 5.10 Å². The Hall–Kier alpha value is -1.91. The molecule has 2 N–H and O–H groups in total. The van der Waals surface area contributed by atoms with E-state index >= 15 is 0 Å². The van der Waals surface area contributed by atoms with E-state index in [1.165, 1.54) is 0 Å². The minimum absolute atomic E-state index is 0.0945. The first-order chi connectivity index (χ1) is 7.58. The van der Waals surface area contributed by atoms with E-state index in [1.54, 1.807) is 6.20 Å². The third kappa shape index (κ3) is 1.88. The molecular formula is C11H14N4O. The molecule has 0 atom stereocenters. The number of hydrogen-bond donors (Lipinski definition) is 2. The van der Waals surface area contributed by atoms with Crippen molar-refractivity contribution >= 4 is 16.9 Å². The summed E-state index contributed by atoms with van der Waals surface area (Å²) in [6.07, 6.45) is 1.74. The molecular weight excluding hydrogens is 204 g/mol. The fourth-order valence-electron chi connectivity index (χ4n) is 1.51. The predicted molar refractivity (Wildman–Crippen MR) is 61.2 cm³/mol. The summed E-state index contributed by atoms with van der Waals surface area (Å²) in [5.41, 5.74) is 2.05. The van der Waals surface area contributed by atoms with E-state index in [9.17, 15) is 4.79 Å². The van der Waals surface area contributed by atoms with Crippen LogP contribution in [0.3, 0.4) is 0 Å². The van der Waals surface area contributed by atoms with Crippen molar-refractivity contribution in [3.8, 4) is 0 Å². The van der Waals surface area contributed by atoms with Crippen LogP contribution in [0.2, 0.25) is 0 Å². The van der Waals surface area contributed by atoms with Crippen molar-refractivity contribution in [2.24, 2.45) is 0 Å². The molecule has 0 saturated carbocycles. The lowest BCUT2D eigenvalue weighted by molar-refractivity contribution is 0.0939. The van der Waals surface area contributed by atoms with Gasteiger partial charge in [0.2, 0.25) is 0 Å². The lowest BCUT2D eigenvalue weighted by Crippen LogP contribution is -2.30. The number of H-pyrrole nitrogens is 1. The van der Waals surface area contributed by atoms with E-state index in [2.05, 4.69) is 20.5 Å². The van der Waals surface area contributed by atoms with E-state index in [0.717, 1.165) is 10.9 Å². The van der Waals surface area contributed by atoms with Crippen molar-refractivity contribution in [3.63, 3.8) is 0 Å². The fourth-order valence-corrected chi connectivity index (χ4v) is 1.51. The summed E-state index contributed by atoms with van der Waals surface area (Å²) in [5, 5.41) is 10.3. The Labute approximate surface area is 93.3 Å². The van der Waals surface area contributed by atoms with Crippen molar-refractivity contribution in [1.82, 2.24) is 20.5 Å². The van der Waals surface area contributed by atoms with Gasteiger partial charge in [0.05, 0.1) is 5.39 Å². The van der Waals surface area contributed by atoms with Gasteiger partial charge in [0.15, 0.2) is 11.3 Å². The number of fused-ring (bicyclic) bond motifs is 1. The summed E-state index contributed by atoms with van der Waals surface area (Å²) in [7, 11) is 0. The molecule has 1 amide bonds. The van der Waals surface area contributed by atoms with E-state index in [-0.39, 0.29) is 11.9 Å². The van der Waals surface area contributed by atoms with Crippen molar-refractivity contribution in [2.45, 2.75) is 26.8 Å². The Kier molecular flexibility index (Phi) is 2.60. The third-order valence-corrected chi connectivity index (χ3v) is 2.19. The number of carbonyl (C=O) groups is 1. The number of pyridine rings is 1. The van der Waals surface area contributed by atoms with Crippen molar-refractivity contribution in [1.29, 1.82) is 0 Å². The second-order valence-corrected chi connectivity index (χ2v) is 4.11. The summed E-state index contributed by atoms with van der Waals surface area (Å²) in [4.78, 5) is 16.0. The summed E-state index contributed by atoms with van der Waals surface area (Å²) < 4.78 is 0. The van der Waals surface area contributed by atoms with Gasteiger partial charge in [-0.25, -0.2) is 4.98 Å². The molecule has 2 rings (SSSR count). The van der Waals surface area contributed by atoms with Crippen LogP contribution in [0.1, 0.15) is 29.9 Å². The molecule has 0 bridgehead atoms. The summed E-state index contributed by atoms with van der Waals surface area (Å²) >= 11 is 0. The van der Waals surface area contributed by atoms with Gasteiger partial charge in [-0.3, -0.25) is 9.89 Å². The molecule has 2 heterocycles. The van der Waals surface area contributed by atoms with E-state index < -0.39 is 0 Å². The first kappa shape index (κ1) is 10.6. The molecule has 84 valence electrons. The zero-order valence-corrected chi connectivity index (χ0v) is 9.53. The number of carbonyl (C=O) groups excluding carboxylic acids is 1. The van der Waals surface area contributed by atoms with Crippen LogP contribution in [0.25, 0.3) is 11.0 Å². The number of rotatable bonds is 2. The number of aromatic amines is 1. The second-order valence-electron chi connectivity index (χ2n) is 4.11. The zero-order valence-electron chi connectivity index (χ0n) is 9.53. The first-order valence-electron chi connectivity index (χ1n) is 5.19. The van der Waals surface area contributed by atoms with Crippen LogP contribution in [-0.4, -0.2) is 27.1 Å². The SMILES string of the molecule is Cc1cnc2[nH]nc(C(=O)NC(C)C)c2c1. The Balaban J connectivity index is 2.44. The van der Waals surface area contributed by atoms with Crippen LogP contribution in [0.5, 0.6) is 0 Å². The molecule has 0 fully saturated rings. The van der Waals surface area contributed by atoms with Gasteiger partial charge >= 0.3 is 0 Å². The summed E-state index contributed by atoms with van der Waals surface area (Å²) in [6.45, 7) is 5.76. The standard InChI is InChI=1S/C11H14N4O/c1-6(2)13-11(16)9-8-4-7(3)5-12-10(8)15-14-9/h4-6H,1-3H3,(H,13,16)(H,12,14,15). The number of hydrogen-bond acceptors (Lipinski definition) is 3. The van der Waals surface area contributed by atoms with Gasteiger partial charge in [0.25, 0.3) is 5.91 Å². The summed E-state index contributed by atoms with van der Waals surface area (Å²) in [5.74, 6) is -0.173. The molecule has 2 aromatic heterocycles. The normalized spacial score (nSPS) is 11.0. The van der Waals surface area contributed by atoms with E-state index in [0.29, 0.717) is 11.3 Å². The average Bonchev–Trinajstić information content (AvgIpc) is 2.59. The van der Waals surface area contributed by atoms with Crippen LogP contribution < -0.4 is 5.32 Å². The Morgan fingerprint density at radius 2 is 2.25 bits per heavy atom. The third-order valence-electron chi connectivity index (χ3n) is 2.19. The largest absolute Gasteiger partial charge is 0.348 e. The highest BCUT2D eigenvalue weighted by Crippen LogP contribution is 2.14. The van der Waals surface area contributed by atoms with Crippen LogP contribution in [0.4, 0.5) is 0 Å². The molecule has 5 heteroatoms. The maximum atomic E-state index is 11.8. The second kappa shape index (κ2) is 3.92. The average molecular weight is 218 g/mol. The maximum Gasteiger partial charge on any atom is 0.272 e. The quantitative estimate of drug-likeness (QED) is 0.800. The highest BCUT2D eigenvalue weighted by molar-refractivity contribution is 6.03. The van der Waals surface area contributed by atoms with Gasteiger partial charge in [-0.05, 0) is 32.4 Å². The molecule has 0 spiro atoms. The van der Waals surface area contributed by atoms with Crippen molar-refractivity contribution in [2.75, 3.05) is 0 Å². The van der Waals surface area contributed by atoms with Crippen LogP contribution in [0.15, 0.2) is 12.3 Å². The van der Waals surface area contributed by atoms with E-state index in [4.69, 9.17) is 0 Å². The molecule has 0 aromatic carbocycles. The number of nitrogens with one attached hydrogen (secondary N) is 2. The Bertz CT molecular complexity index is 530. The van der Waals surface area contributed by atoms with Gasteiger partial charge in [-0.15, -0.1) is 0 Å². The lowest BCUT2D eigenvalue weighted by Gasteiger charge is -2.05. The smallest absolute Gasteiger partial charge is 0.272 e. The van der Waals surface area contributed by atoms with Crippen LogP contribution in [-0.2, 0) is 0 Å². The fraction of sp³-hybridized carbons (Fsp3) is 0.364. The van der Waals surface area contributed by atoms with Gasteiger partial charge < -0.3 is 5.32 Å². The molecule has 0 aliphatic heterocycles. The minimum Gasteiger partial charge on any atom is -0.348 e. The number of aryl methyl sites for hydroxylation is 1. The molecule has 0 aliphatic rings. The molecule has 0 unspecified atom stereocenters. The Morgan fingerprint density at radius 1 is 1.50 bits per heavy atom.